The Morgan fingerprint density at radius 2 is 1.97 bits per heavy atom. The fourth-order valence-corrected chi connectivity index (χ4v) is 3.33. The van der Waals surface area contributed by atoms with Gasteiger partial charge in [0.2, 0.25) is 17.6 Å². The molecule has 2 heterocycles. The number of aromatic amines is 1. The zero-order valence-corrected chi connectivity index (χ0v) is 16.9. The highest BCUT2D eigenvalue weighted by atomic mass is 16.5. The third kappa shape index (κ3) is 4.45. The van der Waals surface area contributed by atoms with Gasteiger partial charge in [-0.05, 0) is 30.2 Å². The van der Waals surface area contributed by atoms with Gasteiger partial charge in [-0.1, -0.05) is 42.4 Å². The number of hydrogen-bond acceptors (Lipinski definition) is 6. The van der Waals surface area contributed by atoms with E-state index in [-0.39, 0.29) is 24.8 Å². The average Bonchev–Trinajstić information content (AvgIpc) is 3.25. The van der Waals surface area contributed by atoms with Crippen LogP contribution in [0.4, 0.5) is 0 Å². The van der Waals surface area contributed by atoms with Crippen molar-refractivity contribution in [2.24, 2.45) is 0 Å². The Kier molecular flexibility index (Phi) is 5.74. The minimum Gasteiger partial charge on any atom is -0.347 e. The van der Waals surface area contributed by atoms with E-state index < -0.39 is 11.1 Å². The molecule has 0 aliphatic heterocycles. The Labute approximate surface area is 176 Å². The van der Waals surface area contributed by atoms with Crippen LogP contribution >= 0.6 is 0 Å². The molecule has 2 aromatic carbocycles. The van der Waals surface area contributed by atoms with Gasteiger partial charge in [0, 0.05) is 12.1 Å². The molecule has 0 spiro atoms. The van der Waals surface area contributed by atoms with Gasteiger partial charge in [0.1, 0.15) is 0 Å². The van der Waals surface area contributed by atoms with Crippen molar-refractivity contribution >= 4 is 16.9 Å². The third-order valence-electron chi connectivity index (χ3n) is 4.79. The molecule has 4 aromatic rings. The number of nitrogens with zero attached hydrogens (tertiary/aromatic N) is 3. The van der Waals surface area contributed by atoms with E-state index in [0.29, 0.717) is 29.0 Å². The van der Waals surface area contributed by atoms with Gasteiger partial charge in [-0.15, -0.1) is 0 Å². The summed E-state index contributed by atoms with van der Waals surface area (Å²) in [4.78, 5) is 43.1. The van der Waals surface area contributed by atoms with Crippen LogP contribution in [-0.2, 0) is 24.3 Å². The molecule has 0 saturated heterocycles. The highest BCUT2D eigenvalue weighted by Gasteiger charge is 2.13. The second kappa shape index (κ2) is 8.78. The molecular formula is C22H21N5O4. The highest BCUT2D eigenvalue weighted by molar-refractivity contribution is 5.80. The Balaban J connectivity index is 1.50. The topological polar surface area (TPSA) is 123 Å². The number of benzene rings is 2. The van der Waals surface area contributed by atoms with Crippen LogP contribution in [0.3, 0.4) is 0 Å². The Hall–Kier alpha value is -4.01. The summed E-state index contributed by atoms with van der Waals surface area (Å²) < 4.78 is 6.69. The first kappa shape index (κ1) is 20.3. The summed E-state index contributed by atoms with van der Waals surface area (Å²) >= 11 is 0. The van der Waals surface area contributed by atoms with E-state index in [2.05, 4.69) is 20.4 Å². The molecule has 0 aliphatic carbocycles. The fraction of sp³-hybridized carbons (Fsp3) is 0.227. The number of fused-ring (bicyclic) bond motifs is 1. The SMILES string of the molecule is CCCn1c(=O)c(=O)[nH]c2cc(-c3noc(CNC(=O)Cc4ccccc4)n3)ccc21. The van der Waals surface area contributed by atoms with Crippen molar-refractivity contribution in [2.75, 3.05) is 0 Å². The van der Waals surface area contributed by atoms with E-state index in [1.807, 2.05) is 37.3 Å². The standard InChI is InChI=1S/C22H21N5O4/c1-2-10-27-17-9-8-15(12-16(17)24-21(29)22(27)30)20-25-19(31-26-20)13-23-18(28)11-14-6-4-3-5-7-14/h3-9,12H,2,10-11,13H2,1H3,(H,23,28)(H,24,29). The number of carbonyl (C=O) groups is 1. The van der Waals surface area contributed by atoms with E-state index in [1.165, 1.54) is 4.57 Å². The number of aryl methyl sites for hydroxylation is 1. The summed E-state index contributed by atoms with van der Waals surface area (Å²) in [7, 11) is 0. The predicted molar refractivity (Wildman–Crippen MR) is 114 cm³/mol. The monoisotopic (exact) mass is 419 g/mol. The molecule has 0 atom stereocenters. The van der Waals surface area contributed by atoms with Crippen molar-refractivity contribution in [2.45, 2.75) is 32.9 Å². The zero-order valence-electron chi connectivity index (χ0n) is 16.9. The number of aromatic nitrogens is 4. The maximum absolute atomic E-state index is 12.1. The molecule has 1 amide bonds. The number of amides is 1. The summed E-state index contributed by atoms with van der Waals surface area (Å²) in [5, 5.41) is 6.71. The van der Waals surface area contributed by atoms with Crippen LogP contribution in [0.15, 0.2) is 62.6 Å². The number of H-pyrrole nitrogens is 1. The van der Waals surface area contributed by atoms with E-state index in [4.69, 9.17) is 4.52 Å². The smallest absolute Gasteiger partial charge is 0.316 e. The van der Waals surface area contributed by atoms with Gasteiger partial charge in [-0.3, -0.25) is 14.4 Å². The molecule has 0 aliphatic rings. The molecule has 0 saturated carbocycles. The van der Waals surface area contributed by atoms with Crippen LogP contribution in [0.5, 0.6) is 0 Å². The summed E-state index contributed by atoms with van der Waals surface area (Å²) in [6, 6.07) is 14.6. The van der Waals surface area contributed by atoms with E-state index in [1.54, 1.807) is 18.2 Å². The molecule has 4 rings (SSSR count). The summed E-state index contributed by atoms with van der Waals surface area (Å²) in [5.41, 5.74) is 1.43. The molecule has 9 heteroatoms. The maximum Gasteiger partial charge on any atom is 0.316 e. The molecule has 31 heavy (non-hydrogen) atoms. The maximum atomic E-state index is 12.1. The molecule has 0 radical (unpaired) electrons. The summed E-state index contributed by atoms with van der Waals surface area (Å²) in [6.07, 6.45) is 0.990. The van der Waals surface area contributed by atoms with Gasteiger partial charge in [0.25, 0.3) is 0 Å². The van der Waals surface area contributed by atoms with Crippen LogP contribution in [0.25, 0.3) is 22.4 Å². The van der Waals surface area contributed by atoms with Gasteiger partial charge < -0.3 is 19.4 Å². The van der Waals surface area contributed by atoms with Crippen molar-refractivity contribution in [1.82, 2.24) is 25.0 Å². The molecule has 0 bridgehead atoms. The number of hydrogen-bond donors (Lipinski definition) is 2. The highest BCUT2D eigenvalue weighted by Crippen LogP contribution is 2.20. The number of carbonyl (C=O) groups excluding carboxylic acids is 1. The summed E-state index contributed by atoms with van der Waals surface area (Å²) in [6.45, 7) is 2.50. The molecule has 2 N–H and O–H groups in total. The number of nitrogens with one attached hydrogen (secondary N) is 2. The minimum atomic E-state index is -0.673. The lowest BCUT2D eigenvalue weighted by Crippen LogP contribution is -2.36. The van der Waals surface area contributed by atoms with E-state index >= 15 is 0 Å². The van der Waals surface area contributed by atoms with Crippen LogP contribution in [0.2, 0.25) is 0 Å². The molecule has 9 nitrogen and oxygen atoms in total. The van der Waals surface area contributed by atoms with Gasteiger partial charge in [-0.25, -0.2) is 0 Å². The van der Waals surface area contributed by atoms with Gasteiger partial charge in [0.15, 0.2) is 0 Å². The van der Waals surface area contributed by atoms with Crippen LogP contribution < -0.4 is 16.4 Å². The zero-order chi connectivity index (χ0) is 21.8. The quantitative estimate of drug-likeness (QED) is 0.442. The predicted octanol–water partition coefficient (Wildman–Crippen LogP) is 2.01. The summed E-state index contributed by atoms with van der Waals surface area (Å²) in [5.74, 6) is 0.437. The fourth-order valence-electron chi connectivity index (χ4n) is 3.33. The molecular weight excluding hydrogens is 398 g/mol. The number of rotatable bonds is 7. The molecule has 2 aromatic heterocycles. The lowest BCUT2D eigenvalue weighted by atomic mass is 10.1. The largest absolute Gasteiger partial charge is 0.347 e. The van der Waals surface area contributed by atoms with Crippen LogP contribution in [-0.4, -0.2) is 25.6 Å². The normalized spacial score (nSPS) is 11.0. The van der Waals surface area contributed by atoms with Gasteiger partial charge in [-0.2, -0.15) is 4.98 Å². The average molecular weight is 419 g/mol. The van der Waals surface area contributed by atoms with Crippen molar-refractivity contribution in [3.8, 4) is 11.4 Å². The van der Waals surface area contributed by atoms with Crippen molar-refractivity contribution in [3.05, 3.63) is 80.7 Å². The molecule has 0 unspecified atom stereocenters. The van der Waals surface area contributed by atoms with Crippen molar-refractivity contribution in [3.63, 3.8) is 0 Å². The third-order valence-corrected chi connectivity index (χ3v) is 4.79. The second-order valence-electron chi connectivity index (χ2n) is 7.09. The Morgan fingerprint density at radius 1 is 1.16 bits per heavy atom. The Bertz CT molecular complexity index is 1340. The van der Waals surface area contributed by atoms with E-state index in [9.17, 15) is 14.4 Å². The lowest BCUT2D eigenvalue weighted by molar-refractivity contribution is -0.120. The van der Waals surface area contributed by atoms with Crippen LogP contribution in [0.1, 0.15) is 24.8 Å². The molecule has 158 valence electrons. The van der Waals surface area contributed by atoms with Gasteiger partial charge >= 0.3 is 11.1 Å². The first-order valence-electron chi connectivity index (χ1n) is 9.95. The van der Waals surface area contributed by atoms with Crippen LogP contribution in [0, 0.1) is 0 Å². The van der Waals surface area contributed by atoms with Crippen molar-refractivity contribution in [1.29, 1.82) is 0 Å². The minimum absolute atomic E-state index is 0.110. The second-order valence-corrected chi connectivity index (χ2v) is 7.09. The van der Waals surface area contributed by atoms with Gasteiger partial charge in [0.05, 0.1) is 24.0 Å². The Morgan fingerprint density at radius 3 is 2.74 bits per heavy atom. The van der Waals surface area contributed by atoms with E-state index in [0.717, 1.165) is 12.0 Å². The first-order valence-corrected chi connectivity index (χ1v) is 9.95. The van der Waals surface area contributed by atoms with Crippen molar-refractivity contribution < 1.29 is 9.32 Å². The lowest BCUT2D eigenvalue weighted by Gasteiger charge is -2.08. The first-order chi connectivity index (χ1) is 15.0. The molecule has 0 fully saturated rings.